The number of aromatic nitrogens is 2. The van der Waals surface area contributed by atoms with Crippen LogP contribution in [0, 0.1) is 0 Å². The Morgan fingerprint density at radius 3 is 2.68 bits per heavy atom. The molecule has 1 saturated heterocycles. The molecule has 0 atom stereocenters. The summed E-state index contributed by atoms with van der Waals surface area (Å²) in [6, 6.07) is 1.96. The van der Waals surface area contributed by atoms with Crippen molar-refractivity contribution < 1.29 is 5.11 Å². The summed E-state index contributed by atoms with van der Waals surface area (Å²) < 4.78 is 0. The van der Waals surface area contributed by atoms with Gasteiger partial charge in [0.25, 0.3) is 0 Å². The number of aliphatic hydroxyl groups is 1. The molecule has 1 aliphatic rings. The van der Waals surface area contributed by atoms with Crippen LogP contribution in [0.25, 0.3) is 0 Å². The van der Waals surface area contributed by atoms with Gasteiger partial charge in [0.05, 0.1) is 5.60 Å². The summed E-state index contributed by atoms with van der Waals surface area (Å²) in [4.78, 5) is 10.7. The van der Waals surface area contributed by atoms with Crippen molar-refractivity contribution in [2.45, 2.75) is 38.2 Å². The van der Waals surface area contributed by atoms with E-state index in [9.17, 15) is 5.11 Å². The van der Waals surface area contributed by atoms with Crippen molar-refractivity contribution in [3.63, 3.8) is 0 Å². The lowest BCUT2D eigenvalue weighted by Gasteiger charge is -2.36. The molecule has 0 aliphatic carbocycles. The lowest BCUT2D eigenvalue weighted by Crippen LogP contribution is -2.47. The third kappa shape index (κ3) is 3.88. The normalized spacial score (nSPS) is 19.6. The van der Waals surface area contributed by atoms with Crippen molar-refractivity contribution in [1.29, 1.82) is 0 Å². The summed E-state index contributed by atoms with van der Waals surface area (Å²) in [5.74, 6) is 1.18. The molecule has 0 bridgehead atoms. The molecule has 5 nitrogen and oxygen atoms in total. The Bertz CT molecular complexity index is 414. The molecule has 0 saturated carbocycles. The highest BCUT2D eigenvalue weighted by molar-refractivity contribution is 5.36. The van der Waals surface area contributed by atoms with Gasteiger partial charge < -0.3 is 15.3 Å². The van der Waals surface area contributed by atoms with Gasteiger partial charge in [0.2, 0.25) is 0 Å². The lowest BCUT2D eigenvalue weighted by molar-refractivity contribution is -0.00409. The molecule has 0 radical (unpaired) electrons. The molecule has 2 heterocycles. The van der Waals surface area contributed by atoms with Crippen LogP contribution in [-0.2, 0) is 0 Å². The van der Waals surface area contributed by atoms with Gasteiger partial charge >= 0.3 is 0 Å². The van der Waals surface area contributed by atoms with E-state index in [4.69, 9.17) is 0 Å². The molecule has 1 aromatic rings. The number of hydrogen-bond acceptors (Lipinski definition) is 5. The predicted molar refractivity (Wildman–Crippen MR) is 76.3 cm³/mol. The van der Waals surface area contributed by atoms with Crippen LogP contribution in [-0.4, -0.2) is 52.3 Å². The van der Waals surface area contributed by atoms with Gasteiger partial charge in [0, 0.05) is 31.4 Å². The van der Waals surface area contributed by atoms with E-state index < -0.39 is 5.60 Å². The maximum absolute atomic E-state index is 10.5. The van der Waals surface area contributed by atoms with E-state index in [1.807, 2.05) is 6.07 Å². The van der Waals surface area contributed by atoms with Gasteiger partial charge in [-0.2, -0.15) is 0 Å². The Balaban J connectivity index is 1.93. The first kappa shape index (κ1) is 14.2. The van der Waals surface area contributed by atoms with Gasteiger partial charge in [-0.25, -0.2) is 9.97 Å². The molecule has 2 N–H and O–H groups in total. The van der Waals surface area contributed by atoms with E-state index in [1.54, 1.807) is 6.33 Å². The highest BCUT2D eigenvalue weighted by Crippen LogP contribution is 2.22. The fourth-order valence-electron chi connectivity index (χ4n) is 2.25. The average Bonchev–Trinajstić information content (AvgIpc) is 2.41. The molecule has 5 heteroatoms. The number of nitrogens with one attached hydrogen (secondary N) is 1. The fraction of sp³-hybridized carbons (Fsp3) is 0.714. The van der Waals surface area contributed by atoms with Crippen molar-refractivity contribution in [2.24, 2.45) is 0 Å². The minimum atomic E-state index is -0.616. The number of rotatable bonds is 4. The highest BCUT2D eigenvalue weighted by atomic mass is 16.3. The third-order valence-electron chi connectivity index (χ3n) is 3.80. The molecule has 0 spiro atoms. The molecule has 1 aliphatic heterocycles. The van der Waals surface area contributed by atoms with Gasteiger partial charge in [0.1, 0.15) is 12.1 Å². The molecule has 19 heavy (non-hydrogen) atoms. The van der Waals surface area contributed by atoms with E-state index in [0.29, 0.717) is 12.5 Å². The van der Waals surface area contributed by atoms with Crippen molar-refractivity contribution >= 4 is 5.82 Å². The third-order valence-corrected chi connectivity index (χ3v) is 3.80. The number of hydrogen-bond donors (Lipinski definition) is 2. The van der Waals surface area contributed by atoms with Crippen LogP contribution in [0.1, 0.15) is 38.3 Å². The van der Waals surface area contributed by atoms with Gasteiger partial charge in [-0.1, -0.05) is 13.8 Å². The Labute approximate surface area is 115 Å². The Kier molecular flexibility index (Phi) is 4.37. The van der Waals surface area contributed by atoms with Crippen molar-refractivity contribution in [3.05, 3.63) is 18.1 Å². The Hall–Kier alpha value is -1.20. The van der Waals surface area contributed by atoms with Crippen LogP contribution >= 0.6 is 0 Å². The predicted octanol–water partition coefficient (Wildman–Crippen LogP) is 1.47. The van der Waals surface area contributed by atoms with Crippen LogP contribution in [0.5, 0.6) is 0 Å². The van der Waals surface area contributed by atoms with Crippen LogP contribution in [0.4, 0.5) is 5.82 Å². The number of nitrogens with zero attached hydrogens (tertiary/aromatic N) is 3. The standard InChI is InChI=1S/C14H24N4O/c1-11(2)12-8-13(17-10-16-12)15-9-14(19)4-6-18(3)7-5-14/h8,10-11,19H,4-7,9H2,1-3H3,(H,15,16,17). The quantitative estimate of drug-likeness (QED) is 0.862. The van der Waals surface area contributed by atoms with Gasteiger partial charge in [-0.15, -0.1) is 0 Å². The maximum Gasteiger partial charge on any atom is 0.129 e. The van der Waals surface area contributed by atoms with Crippen molar-refractivity contribution in [1.82, 2.24) is 14.9 Å². The van der Waals surface area contributed by atoms with Gasteiger partial charge in [-0.05, 0) is 25.8 Å². The Morgan fingerprint density at radius 1 is 1.37 bits per heavy atom. The largest absolute Gasteiger partial charge is 0.388 e. The molecule has 0 amide bonds. The minimum absolute atomic E-state index is 0.384. The molecule has 106 valence electrons. The minimum Gasteiger partial charge on any atom is -0.388 e. The fourth-order valence-corrected chi connectivity index (χ4v) is 2.25. The smallest absolute Gasteiger partial charge is 0.129 e. The summed E-state index contributed by atoms with van der Waals surface area (Å²) in [5.41, 5.74) is 0.406. The topological polar surface area (TPSA) is 61.3 Å². The summed E-state index contributed by atoms with van der Waals surface area (Å²) in [5, 5.41) is 13.7. The second-order valence-electron chi connectivity index (χ2n) is 5.86. The number of piperidine rings is 1. The van der Waals surface area contributed by atoms with E-state index in [0.717, 1.165) is 37.4 Å². The molecular weight excluding hydrogens is 240 g/mol. The summed E-state index contributed by atoms with van der Waals surface area (Å²) in [6.45, 7) is 6.65. The number of anilines is 1. The molecular formula is C14H24N4O. The summed E-state index contributed by atoms with van der Waals surface area (Å²) in [7, 11) is 2.09. The first-order chi connectivity index (χ1) is 8.98. The SMILES string of the molecule is CC(C)c1cc(NCC2(O)CCN(C)CC2)ncn1. The first-order valence-electron chi connectivity index (χ1n) is 6.95. The highest BCUT2D eigenvalue weighted by Gasteiger charge is 2.30. The van der Waals surface area contributed by atoms with E-state index in [2.05, 4.69) is 41.1 Å². The lowest BCUT2D eigenvalue weighted by atomic mass is 9.91. The molecule has 0 unspecified atom stereocenters. The van der Waals surface area contributed by atoms with Crippen LogP contribution in [0.3, 0.4) is 0 Å². The first-order valence-corrected chi connectivity index (χ1v) is 6.95. The van der Waals surface area contributed by atoms with Gasteiger partial charge in [-0.3, -0.25) is 0 Å². The second kappa shape index (κ2) is 5.84. The zero-order valence-corrected chi connectivity index (χ0v) is 12.1. The van der Waals surface area contributed by atoms with Crippen molar-refractivity contribution in [3.8, 4) is 0 Å². The van der Waals surface area contributed by atoms with E-state index in [-0.39, 0.29) is 0 Å². The zero-order chi connectivity index (χ0) is 13.9. The average molecular weight is 264 g/mol. The van der Waals surface area contributed by atoms with Crippen molar-refractivity contribution in [2.75, 3.05) is 32.0 Å². The van der Waals surface area contributed by atoms with E-state index in [1.165, 1.54) is 0 Å². The summed E-state index contributed by atoms with van der Waals surface area (Å²) >= 11 is 0. The zero-order valence-electron chi connectivity index (χ0n) is 12.1. The van der Waals surface area contributed by atoms with Gasteiger partial charge in [0.15, 0.2) is 0 Å². The molecule has 1 fully saturated rings. The molecule has 2 rings (SSSR count). The maximum atomic E-state index is 10.5. The van der Waals surface area contributed by atoms with Crippen LogP contribution in [0.2, 0.25) is 0 Å². The van der Waals surface area contributed by atoms with Crippen LogP contribution < -0.4 is 5.32 Å². The van der Waals surface area contributed by atoms with E-state index >= 15 is 0 Å². The molecule has 0 aromatic carbocycles. The number of likely N-dealkylation sites (tertiary alicyclic amines) is 1. The summed E-state index contributed by atoms with van der Waals surface area (Å²) in [6.07, 6.45) is 3.19. The Morgan fingerprint density at radius 2 is 2.05 bits per heavy atom. The second-order valence-corrected chi connectivity index (χ2v) is 5.86. The molecule has 1 aromatic heterocycles. The monoisotopic (exact) mass is 264 g/mol. The van der Waals surface area contributed by atoms with Crippen LogP contribution in [0.15, 0.2) is 12.4 Å².